The fourth-order valence-corrected chi connectivity index (χ4v) is 2.08. The largest absolute Gasteiger partial charge is 0.325 e. The average molecular weight is 240 g/mol. The number of fused-ring (bicyclic) bond motifs is 1. The maximum absolute atomic E-state index is 11.4. The maximum atomic E-state index is 11.4. The van der Waals surface area contributed by atoms with E-state index in [2.05, 4.69) is 21.2 Å². The molecule has 1 aliphatic heterocycles. The Hall–Kier alpha value is -0.830. The molecule has 2 nitrogen and oxygen atoms in total. The molecule has 0 saturated carbocycles. The molecule has 1 heterocycles. The van der Waals surface area contributed by atoms with Gasteiger partial charge in [-0.15, -0.1) is 0 Å². The normalized spacial score (nSPS) is 19.8. The number of amides is 1. The number of hydrogen-bond acceptors (Lipinski definition) is 1. The van der Waals surface area contributed by atoms with E-state index in [4.69, 9.17) is 0 Å². The van der Waals surface area contributed by atoms with E-state index >= 15 is 0 Å². The summed E-state index contributed by atoms with van der Waals surface area (Å²) in [6, 6.07) is 5.89. The third-order valence-electron chi connectivity index (χ3n) is 2.37. The number of halogens is 1. The summed E-state index contributed by atoms with van der Waals surface area (Å²) in [6.45, 7) is 2.03. The third kappa shape index (κ3) is 1.37. The van der Waals surface area contributed by atoms with Crippen molar-refractivity contribution in [2.24, 2.45) is 0 Å². The van der Waals surface area contributed by atoms with Crippen LogP contribution < -0.4 is 5.32 Å². The predicted molar refractivity (Wildman–Crippen MR) is 55.8 cm³/mol. The fourth-order valence-electron chi connectivity index (χ4n) is 1.70. The molecule has 68 valence electrons. The molecule has 13 heavy (non-hydrogen) atoms. The molecule has 0 fully saturated rings. The maximum Gasteiger partial charge on any atom is 0.231 e. The zero-order valence-corrected chi connectivity index (χ0v) is 8.89. The molecule has 1 amide bonds. The molecule has 1 aliphatic rings. The number of carbonyl (C=O) groups excluding carboxylic acids is 1. The lowest BCUT2D eigenvalue weighted by molar-refractivity contribution is -0.117. The van der Waals surface area contributed by atoms with E-state index in [1.807, 2.05) is 25.1 Å². The zero-order valence-electron chi connectivity index (χ0n) is 7.30. The molecule has 0 aromatic heterocycles. The molecular formula is C10H10BrNO. The van der Waals surface area contributed by atoms with Crippen LogP contribution in [0, 0.1) is 0 Å². The van der Waals surface area contributed by atoms with Crippen LogP contribution in [0.4, 0.5) is 5.69 Å². The highest BCUT2D eigenvalue weighted by Gasteiger charge is 2.28. The number of nitrogens with one attached hydrogen (secondary N) is 1. The Morgan fingerprint density at radius 2 is 2.31 bits per heavy atom. The Labute approximate surface area is 85.5 Å². The van der Waals surface area contributed by atoms with Gasteiger partial charge in [0.2, 0.25) is 5.91 Å². The summed E-state index contributed by atoms with van der Waals surface area (Å²) < 4.78 is 1.03. The van der Waals surface area contributed by atoms with Crippen LogP contribution in [0.15, 0.2) is 22.7 Å². The molecule has 0 spiro atoms. The summed E-state index contributed by atoms with van der Waals surface area (Å²) in [6.07, 6.45) is 0.856. The second kappa shape index (κ2) is 3.14. The van der Waals surface area contributed by atoms with Gasteiger partial charge in [0.1, 0.15) is 0 Å². The van der Waals surface area contributed by atoms with Crippen molar-refractivity contribution < 1.29 is 4.79 Å². The molecule has 0 bridgehead atoms. The van der Waals surface area contributed by atoms with Gasteiger partial charge in [0, 0.05) is 10.2 Å². The Morgan fingerprint density at radius 3 is 3.00 bits per heavy atom. The van der Waals surface area contributed by atoms with Gasteiger partial charge in [0.05, 0.1) is 5.92 Å². The first kappa shape index (κ1) is 8.75. The van der Waals surface area contributed by atoms with Crippen molar-refractivity contribution in [1.29, 1.82) is 0 Å². The van der Waals surface area contributed by atoms with E-state index in [0.717, 1.165) is 22.1 Å². The molecule has 3 heteroatoms. The Morgan fingerprint density at radius 1 is 1.54 bits per heavy atom. The molecule has 0 aliphatic carbocycles. The van der Waals surface area contributed by atoms with Gasteiger partial charge in [-0.1, -0.05) is 22.9 Å². The van der Waals surface area contributed by atoms with E-state index in [-0.39, 0.29) is 11.8 Å². The molecule has 2 rings (SSSR count). The van der Waals surface area contributed by atoms with Crippen LogP contribution in [0.5, 0.6) is 0 Å². The van der Waals surface area contributed by atoms with Gasteiger partial charge in [-0.05, 0) is 30.2 Å². The number of benzene rings is 1. The fraction of sp³-hybridized carbons (Fsp3) is 0.300. The lowest BCUT2D eigenvalue weighted by atomic mass is 9.98. The lowest BCUT2D eigenvalue weighted by Gasteiger charge is -2.04. The van der Waals surface area contributed by atoms with E-state index in [1.165, 1.54) is 0 Å². The highest BCUT2D eigenvalue weighted by molar-refractivity contribution is 9.10. The van der Waals surface area contributed by atoms with Crippen molar-refractivity contribution in [3.8, 4) is 0 Å². The van der Waals surface area contributed by atoms with Crippen LogP contribution in [0.3, 0.4) is 0 Å². The van der Waals surface area contributed by atoms with Gasteiger partial charge >= 0.3 is 0 Å². The zero-order chi connectivity index (χ0) is 9.42. The number of hydrogen-bond donors (Lipinski definition) is 1. The number of anilines is 1. The minimum atomic E-state index is 0.0347. The van der Waals surface area contributed by atoms with E-state index in [9.17, 15) is 4.79 Å². The first-order valence-corrected chi connectivity index (χ1v) is 5.12. The summed E-state index contributed by atoms with van der Waals surface area (Å²) >= 11 is 3.40. The van der Waals surface area contributed by atoms with E-state index in [1.54, 1.807) is 0 Å². The summed E-state index contributed by atoms with van der Waals surface area (Å²) in [5, 5.41) is 2.87. The van der Waals surface area contributed by atoms with Crippen molar-refractivity contribution in [2.45, 2.75) is 19.3 Å². The molecule has 1 aromatic carbocycles. The SMILES string of the molecule is CCC1C(=O)Nc2ccc(Br)cc21. The minimum absolute atomic E-state index is 0.0347. The van der Waals surface area contributed by atoms with E-state index < -0.39 is 0 Å². The van der Waals surface area contributed by atoms with Crippen molar-refractivity contribution in [3.63, 3.8) is 0 Å². The number of rotatable bonds is 1. The summed E-state index contributed by atoms with van der Waals surface area (Å²) in [4.78, 5) is 11.4. The van der Waals surface area contributed by atoms with Crippen LogP contribution >= 0.6 is 15.9 Å². The summed E-state index contributed by atoms with van der Waals surface area (Å²) in [5.74, 6) is 0.156. The van der Waals surface area contributed by atoms with Gasteiger partial charge in [0.15, 0.2) is 0 Å². The Kier molecular flexibility index (Phi) is 2.12. The van der Waals surface area contributed by atoms with Crippen LogP contribution in [0.25, 0.3) is 0 Å². The second-order valence-corrected chi connectivity index (χ2v) is 4.10. The number of carbonyl (C=O) groups is 1. The molecule has 1 aromatic rings. The summed E-state index contributed by atoms with van der Waals surface area (Å²) in [5.41, 5.74) is 2.07. The standard InChI is InChI=1S/C10H10BrNO/c1-2-7-8-5-6(11)3-4-9(8)12-10(7)13/h3-5,7H,2H2,1H3,(H,12,13). The lowest BCUT2D eigenvalue weighted by Crippen LogP contribution is -2.10. The quantitative estimate of drug-likeness (QED) is 0.803. The van der Waals surface area contributed by atoms with Gasteiger partial charge in [-0.2, -0.15) is 0 Å². The van der Waals surface area contributed by atoms with Crippen LogP contribution in [0.1, 0.15) is 24.8 Å². The first-order valence-electron chi connectivity index (χ1n) is 4.32. The topological polar surface area (TPSA) is 29.1 Å². The molecule has 1 atom stereocenters. The monoisotopic (exact) mass is 239 g/mol. The Bertz CT molecular complexity index is 362. The van der Waals surface area contributed by atoms with Crippen LogP contribution in [-0.4, -0.2) is 5.91 Å². The van der Waals surface area contributed by atoms with Crippen LogP contribution in [-0.2, 0) is 4.79 Å². The second-order valence-electron chi connectivity index (χ2n) is 3.18. The first-order chi connectivity index (χ1) is 6.22. The molecule has 1 N–H and O–H groups in total. The highest BCUT2D eigenvalue weighted by Crippen LogP contribution is 2.35. The third-order valence-corrected chi connectivity index (χ3v) is 2.86. The van der Waals surface area contributed by atoms with Gasteiger partial charge in [-0.25, -0.2) is 0 Å². The predicted octanol–water partition coefficient (Wildman–Crippen LogP) is 2.89. The van der Waals surface area contributed by atoms with Crippen molar-refractivity contribution in [3.05, 3.63) is 28.2 Å². The molecule has 0 radical (unpaired) electrons. The molecular weight excluding hydrogens is 230 g/mol. The average Bonchev–Trinajstić information content (AvgIpc) is 2.40. The highest BCUT2D eigenvalue weighted by atomic mass is 79.9. The van der Waals surface area contributed by atoms with Crippen molar-refractivity contribution in [1.82, 2.24) is 0 Å². The molecule has 0 saturated heterocycles. The van der Waals surface area contributed by atoms with Crippen molar-refractivity contribution in [2.75, 3.05) is 5.32 Å². The van der Waals surface area contributed by atoms with Gasteiger partial charge < -0.3 is 5.32 Å². The van der Waals surface area contributed by atoms with Gasteiger partial charge in [-0.3, -0.25) is 4.79 Å². The molecule has 1 unspecified atom stereocenters. The van der Waals surface area contributed by atoms with E-state index in [0.29, 0.717) is 0 Å². The summed E-state index contributed by atoms with van der Waals surface area (Å²) in [7, 11) is 0. The van der Waals surface area contributed by atoms with Crippen LogP contribution in [0.2, 0.25) is 0 Å². The minimum Gasteiger partial charge on any atom is -0.325 e. The Balaban J connectivity index is 2.50. The van der Waals surface area contributed by atoms with Crippen molar-refractivity contribution >= 4 is 27.5 Å². The van der Waals surface area contributed by atoms with Gasteiger partial charge in [0.25, 0.3) is 0 Å². The smallest absolute Gasteiger partial charge is 0.231 e.